The van der Waals surface area contributed by atoms with Crippen molar-refractivity contribution in [2.24, 2.45) is 0 Å². The lowest BCUT2D eigenvalue weighted by molar-refractivity contribution is -0.163. The van der Waals surface area contributed by atoms with Crippen molar-refractivity contribution in [2.75, 3.05) is 19.8 Å². The van der Waals surface area contributed by atoms with E-state index in [9.17, 15) is 9.59 Å². The van der Waals surface area contributed by atoms with E-state index in [1.54, 1.807) is 0 Å². The van der Waals surface area contributed by atoms with Crippen LogP contribution in [0.15, 0.2) is 85.1 Å². The number of unbranched alkanes of at least 4 members (excludes halogenated alkanes) is 30. The molecule has 0 aromatic carbocycles. The molecule has 0 rings (SSSR count). The molecule has 0 fully saturated rings. The molecule has 0 saturated carbocycles. The predicted octanol–water partition coefficient (Wildman–Crippen LogP) is 20.8. The fraction of sp³-hybridized carbons (Fsp3) is 0.754. The number of ether oxygens (including phenoxy) is 3. The van der Waals surface area contributed by atoms with E-state index >= 15 is 0 Å². The Balaban J connectivity index is 4.30. The maximum atomic E-state index is 12.9. The molecule has 70 heavy (non-hydrogen) atoms. The van der Waals surface area contributed by atoms with Gasteiger partial charge in [-0.2, -0.15) is 0 Å². The molecule has 0 amide bonds. The van der Waals surface area contributed by atoms with E-state index in [0.717, 1.165) is 96.3 Å². The van der Waals surface area contributed by atoms with Crippen LogP contribution >= 0.6 is 0 Å². The van der Waals surface area contributed by atoms with Crippen LogP contribution in [0.4, 0.5) is 0 Å². The minimum absolute atomic E-state index is 0.0741. The summed E-state index contributed by atoms with van der Waals surface area (Å²) in [5.74, 6) is -0.407. The van der Waals surface area contributed by atoms with Gasteiger partial charge in [0, 0.05) is 19.4 Å². The number of allylic oxidation sites excluding steroid dienone is 14. The number of carbonyl (C=O) groups excluding carboxylic acids is 2. The Morgan fingerprint density at radius 1 is 0.329 bits per heavy atom. The Bertz CT molecular complexity index is 1290. The van der Waals surface area contributed by atoms with Crippen LogP contribution in [0.3, 0.4) is 0 Å². The quantitative estimate of drug-likeness (QED) is 0.0345. The lowest BCUT2D eigenvalue weighted by Gasteiger charge is -2.18. The number of hydrogen-bond donors (Lipinski definition) is 0. The maximum Gasteiger partial charge on any atom is 0.306 e. The van der Waals surface area contributed by atoms with E-state index in [0.29, 0.717) is 19.4 Å². The van der Waals surface area contributed by atoms with Crippen molar-refractivity contribution in [3.05, 3.63) is 85.1 Å². The van der Waals surface area contributed by atoms with E-state index in [-0.39, 0.29) is 25.2 Å². The minimum atomic E-state index is -0.549. The summed E-state index contributed by atoms with van der Waals surface area (Å²) < 4.78 is 17.5. The van der Waals surface area contributed by atoms with Gasteiger partial charge in [0.05, 0.1) is 6.61 Å². The molecule has 0 aliphatic heterocycles. The van der Waals surface area contributed by atoms with Crippen LogP contribution in [-0.4, -0.2) is 37.9 Å². The van der Waals surface area contributed by atoms with E-state index in [2.05, 4.69) is 106 Å². The second-order valence-corrected chi connectivity index (χ2v) is 19.8. The van der Waals surface area contributed by atoms with Crippen LogP contribution in [0.1, 0.15) is 290 Å². The third-order valence-corrected chi connectivity index (χ3v) is 12.9. The molecule has 0 heterocycles. The first-order valence-corrected chi connectivity index (χ1v) is 30.1. The molecule has 0 aliphatic rings. The Morgan fingerprint density at radius 2 is 0.643 bits per heavy atom. The molecule has 1 atom stereocenters. The predicted molar refractivity (Wildman–Crippen MR) is 307 cm³/mol. The van der Waals surface area contributed by atoms with Gasteiger partial charge in [0.1, 0.15) is 6.61 Å². The maximum absolute atomic E-state index is 12.9. The second kappa shape index (κ2) is 60.4. The van der Waals surface area contributed by atoms with Gasteiger partial charge < -0.3 is 14.2 Å². The summed E-state index contributed by atoms with van der Waals surface area (Å²) in [6.45, 7) is 7.61. The highest BCUT2D eigenvalue weighted by Crippen LogP contribution is 2.16. The van der Waals surface area contributed by atoms with Gasteiger partial charge in [-0.1, -0.05) is 273 Å². The minimum Gasteiger partial charge on any atom is -0.462 e. The average molecular weight is 976 g/mol. The molecule has 1 unspecified atom stereocenters. The van der Waals surface area contributed by atoms with E-state index in [1.165, 1.54) is 161 Å². The van der Waals surface area contributed by atoms with Crippen molar-refractivity contribution in [1.82, 2.24) is 0 Å². The molecule has 0 radical (unpaired) electrons. The summed E-state index contributed by atoms with van der Waals surface area (Å²) in [4.78, 5) is 25.6. The average Bonchev–Trinajstić information content (AvgIpc) is 3.36. The molecular weight excluding hydrogens is 861 g/mol. The first-order chi connectivity index (χ1) is 34.6. The zero-order chi connectivity index (χ0) is 50.6. The topological polar surface area (TPSA) is 61.8 Å². The fourth-order valence-electron chi connectivity index (χ4n) is 8.52. The summed E-state index contributed by atoms with van der Waals surface area (Å²) in [5, 5.41) is 0. The van der Waals surface area contributed by atoms with Gasteiger partial charge in [0.2, 0.25) is 0 Å². The highest BCUT2D eigenvalue weighted by Gasteiger charge is 2.17. The SMILES string of the molecule is CC/C=C\C/C=C\C/C=C\C/C=C\CCCCCCCCC(=O)OCC(COCCCCCCCCCC/C=C\C/C=C\C/C=C\CC)OC(=O)CCCCCCCCCCCCCCCCCCC. The summed E-state index contributed by atoms with van der Waals surface area (Å²) in [7, 11) is 0. The van der Waals surface area contributed by atoms with Gasteiger partial charge in [-0.3, -0.25) is 9.59 Å². The highest BCUT2D eigenvalue weighted by molar-refractivity contribution is 5.70. The molecule has 0 aromatic rings. The zero-order valence-corrected chi connectivity index (χ0v) is 46.5. The van der Waals surface area contributed by atoms with Crippen molar-refractivity contribution in [1.29, 1.82) is 0 Å². The van der Waals surface area contributed by atoms with Crippen molar-refractivity contribution in [3.63, 3.8) is 0 Å². The number of esters is 2. The number of hydrogen-bond acceptors (Lipinski definition) is 5. The molecule has 0 aromatic heterocycles. The van der Waals surface area contributed by atoms with Crippen LogP contribution in [0.2, 0.25) is 0 Å². The van der Waals surface area contributed by atoms with Gasteiger partial charge >= 0.3 is 11.9 Å². The first-order valence-electron chi connectivity index (χ1n) is 30.1. The van der Waals surface area contributed by atoms with Crippen LogP contribution in [0.25, 0.3) is 0 Å². The first kappa shape index (κ1) is 67.1. The van der Waals surface area contributed by atoms with Crippen molar-refractivity contribution in [2.45, 2.75) is 297 Å². The molecule has 0 N–H and O–H groups in total. The molecule has 0 saturated heterocycles. The van der Waals surface area contributed by atoms with Crippen molar-refractivity contribution >= 4 is 11.9 Å². The van der Waals surface area contributed by atoms with Crippen LogP contribution in [0, 0.1) is 0 Å². The summed E-state index contributed by atoms with van der Waals surface area (Å²) in [5.41, 5.74) is 0. The van der Waals surface area contributed by atoms with Crippen LogP contribution in [0.5, 0.6) is 0 Å². The second-order valence-electron chi connectivity index (χ2n) is 19.8. The van der Waals surface area contributed by atoms with Gasteiger partial charge in [-0.05, 0) is 89.9 Å². The van der Waals surface area contributed by atoms with Crippen LogP contribution in [-0.2, 0) is 23.8 Å². The van der Waals surface area contributed by atoms with Crippen LogP contribution < -0.4 is 0 Å². The summed E-state index contributed by atoms with van der Waals surface area (Å²) in [6.07, 6.45) is 80.4. The fourth-order valence-corrected chi connectivity index (χ4v) is 8.52. The van der Waals surface area contributed by atoms with E-state index in [1.807, 2.05) is 0 Å². The number of rotatable bonds is 55. The largest absolute Gasteiger partial charge is 0.462 e. The molecule has 5 heteroatoms. The lowest BCUT2D eigenvalue weighted by Crippen LogP contribution is -2.30. The summed E-state index contributed by atoms with van der Waals surface area (Å²) >= 11 is 0. The Morgan fingerprint density at radius 3 is 1.03 bits per heavy atom. The smallest absolute Gasteiger partial charge is 0.306 e. The van der Waals surface area contributed by atoms with Gasteiger partial charge in [-0.15, -0.1) is 0 Å². The van der Waals surface area contributed by atoms with E-state index < -0.39 is 6.10 Å². The van der Waals surface area contributed by atoms with Gasteiger partial charge in [0.15, 0.2) is 6.10 Å². The standard InChI is InChI=1S/C65H114O5/c1-4-7-10-13-16-19-22-25-28-31-33-35-37-40-43-46-49-52-55-58-64(66)69-62-63(61-68-60-57-54-51-48-45-42-39-36-32-29-26-23-20-17-14-11-8-5-2)70-65(67)59-56-53-50-47-44-41-38-34-30-27-24-21-18-15-12-9-6-3/h7-8,10-11,16-17,19-20,25-26,28-29,33,35,63H,4-6,9,12-15,18,21-24,27,30-32,34,36-62H2,1-3H3/b10-7-,11-8-,19-16-,20-17-,28-25-,29-26-,35-33-. The van der Waals surface area contributed by atoms with Gasteiger partial charge in [-0.25, -0.2) is 0 Å². The van der Waals surface area contributed by atoms with Crippen molar-refractivity contribution in [3.8, 4) is 0 Å². The molecule has 0 spiro atoms. The van der Waals surface area contributed by atoms with E-state index in [4.69, 9.17) is 14.2 Å². The summed E-state index contributed by atoms with van der Waals surface area (Å²) in [6, 6.07) is 0. The number of carbonyl (C=O) groups is 2. The third kappa shape index (κ3) is 57.7. The van der Waals surface area contributed by atoms with Gasteiger partial charge in [0.25, 0.3) is 0 Å². The zero-order valence-electron chi connectivity index (χ0n) is 46.5. The molecular formula is C65H114O5. The Labute approximate surface area is 435 Å². The third-order valence-electron chi connectivity index (χ3n) is 12.9. The molecule has 404 valence electrons. The molecule has 0 bridgehead atoms. The highest BCUT2D eigenvalue weighted by atomic mass is 16.6. The Hall–Kier alpha value is -2.92. The van der Waals surface area contributed by atoms with Crippen molar-refractivity contribution < 1.29 is 23.8 Å². The Kier molecular flexibility index (Phi) is 57.9. The normalized spacial score (nSPS) is 12.8. The monoisotopic (exact) mass is 975 g/mol. The lowest BCUT2D eigenvalue weighted by atomic mass is 10.0. The molecule has 0 aliphatic carbocycles. The molecule has 5 nitrogen and oxygen atoms in total.